The summed E-state index contributed by atoms with van der Waals surface area (Å²) in [5.74, 6) is 0.690. The molecule has 1 N–H and O–H groups in total. The zero-order valence-electron chi connectivity index (χ0n) is 11.2. The van der Waals surface area contributed by atoms with E-state index >= 15 is 0 Å². The Balaban J connectivity index is 2.88. The van der Waals surface area contributed by atoms with Gasteiger partial charge in [-0.3, -0.25) is 4.79 Å². The molecule has 0 aliphatic heterocycles. The quantitative estimate of drug-likeness (QED) is 0.871. The highest BCUT2D eigenvalue weighted by molar-refractivity contribution is 5.92. The number of amides is 1. The second-order valence-electron chi connectivity index (χ2n) is 4.72. The summed E-state index contributed by atoms with van der Waals surface area (Å²) in [7, 11) is 1.79. The summed E-state index contributed by atoms with van der Waals surface area (Å²) in [6, 6.07) is 5.93. The van der Waals surface area contributed by atoms with Gasteiger partial charge in [-0.15, -0.1) is 0 Å². The van der Waals surface area contributed by atoms with Gasteiger partial charge in [0.15, 0.2) is 0 Å². The molecule has 0 aliphatic carbocycles. The SMILES string of the molecule is CC(C)Nc1cccc(C(=O)N(C)C(C)C)n1. The first-order chi connectivity index (χ1) is 7.91. The van der Waals surface area contributed by atoms with Crippen molar-refractivity contribution >= 4 is 11.7 Å². The zero-order chi connectivity index (χ0) is 13.0. The molecule has 0 bridgehead atoms. The Morgan fingerprint density at radius 2 is 1.94 bits per heavy atom. The molecule has 1 aromatic rings. The highest BCUT2D eigenvalue weighted by Crippen LogP contribution is 2.09. The summed E-state index contributed by atoms with van der Waals surface area (Å²) in [5, 5.41) is 3.19. The molecule has 4 nitrogen and oxygen atoms in total. The van der Waals surface area contributed by atoms with E-state index in [2.05, 4.69) is 10.3 Å². The number of rotatable bonds is 4. The Labute approximate surface area is 103 Å². The minimum atomic E-state index is -0.0487. The van der Waals surface area contributed by atoms with Crippen LogP contribution in [0.5, 0.6) is 0 Å². The first-order valence-corrected chi connectivity index (χ1v) is 5.92. The highest BCUT2D eigenvalue weighted by Gasteiger charge is 2.15. The monoisotopic (exact) mass is 235 g/mol. The average molecular weight is 235 g/mol. The number of carbonyl (C=O) groups is 1. The number of pyridine rings is 1. The number of hydrogen-bond acceptors (Lipinski definition) is 3. The third-order valence-electron chi connectivity index (χ3n) is 2.50. The molecule has 1 amide bonds. The van der Waals surface area contributed by atoms with Crippen molar-refractivity contribution in [1.29, 1.82) is 0 Å². The molecule has 1 heterocycles. The Hall–Kier alpha value is -1.58. The molecule has 0 saturated heterocycles. The van der Waals surface area contributed by atoms with E-state index in [0.717, 1.165) is 5.82 Å². The zero-order valence-corrected chi connectivity index (χ0v) is 11.2. The fourth-order valence-corrected chi connectivity index (χ4v) is 1.35. The average Bonchev–Trinajstić information content (AvgIpc) is 2.26. The van der Waals surface area contributed by atoms with Gasteiger partial charge in [0.1, 0.15) is 11.5 Å². The molecule has 0 saturated carbocycles. The minimum Gasteiger partial charge on any atom is -0.368 e. The van der Waals surface area contributed by atoms with Gasteiger partial charge < -0.3 is 10.2 Å². The number of carbonyl (C=O) groups excluding carboxylic acids is 1. The van der Waals surface area contributed by atoms with Crippen LogP contribution in [0.3, 0.4) is 0 Å². The third kappa shape index (κ3) is 3.73. The van der Waals surface area contributed by atoms with Crippen molar-refractivity contribution in [3.05, 3.63) is 23.9 Å². The number of nitrogens with one attached hydrogen (secondary N) is 1. The highest BCUT2D eigenvalue weighted by atomic mass is 16.2. The summed E-state index contributed by atoms with van der Waals surface area (Å²) in [6.07, 6.45) is 0. The summed E-state index contributed by atoms with van der Waals surface area (Å²) >= 11 is 0. The van der Waals surface area contributed by atoms with Crippen LogP contribution in [-0.4, -0.2) is 34.9 Å². The summed E-state index contributed by atoms with van der Waals surface area (Å²) in [6.45, 7) is 8.04. The molecular formula is C13H21N3O. The van der Waals surface area contributed by atoms with Crippen molar-refractivity contribution in [2.45, 2.75) is 39.8 Å². The van der Waals surface area contributed by atoms with Crippen molar-refractivity contribution in [3.63, 3.8) is 0 Å². The van der Waals surface area contributed by atoms with Crippen molar-refractivity contribution < 1.29 is 4.79 Å². The van der Waals surface area contributed by atoms with Crippen molar-refractivity contribution in [3.8, 4) is 0 Å². The first-order valence-electron chi connectivity index (χ1n) is 5.92. The maximum atomic E-state index is 12.1. The lowest BCUT2D eigenvalue weighted by Crippen LogP contribution is -2.33. The lowest BCUT2D eigenvalue weighted by Gasteiger charge is -2.21. The molecule has 1 aromatic heterocycles. The van der Waals surface area contributed by atoms with Crippen LogP contribution in [0.15, 0.2) is 18.2 Å². The van der Waals surface area contributed by atoms with Gasteiger partial charge >= 0.3 is 0 Å². The van der Waals surface area contributed by atoms with Gasteiger partial charge in [-0.2, -0.15) is 0 Å². The number of aromatic nitrogens is 1. The standard InChI is InChI=1S/C13H21N3O/c1-9(2)14-12-8-6-7-11(15-12)13(17)16(5)10(3)4/h6-10H,1-5H3,(H,14,15). The van der Waals surface area contributed by atoms with Gasteiger partial charge in [-0.1, -0.05) is 6.07 Å². The Morgan fingerprint density at radius 1 is 1.29 bits per heavy atom. The van der Waals surface area contributed by atoms with E-state index in [1.165, 1.54) is 0 Å². The maximum absolute atomic E-state index is 12.1. The summed E-state index contributed by atoms with van der Waals surface area (Å²) < 4.78 is 0. The maximum Gasteiger partial charge on any atom is 0.272 e. The predicted molar refractivity (Wildman–Crippen MR) is 70.2 cm³/mol. The first kappa shape index (κ1) is 13.5. The van der Waals surface area contributed by atoms with Gasteiger partial charge in [0.05, 0.1) is 0 Å². The summed E-state index contributed by atoms with van der Waals surface area (Å²) in [5.41, 5.74) is 0.479. The van der Waals surface area contributed by atoms with Crippen LogP contribution in [0, 0.1) is 0 Å². The van der Waals surface area contributed by atoms with Crippen LogP contribution in [0.25, 0.3) is 0 Å². The van der Waals surface area contributed by atoms with Crippen molar-refractivity contribution in [1.82, 2.24) is 9.88 Å². The molecule has 0 unspecified atom stereocenters. The molecular weight excluding hydrogens is 214 g/mol. The van der Waals surface area contributed by atoms with Crippen LogP contribution < -0.4 is 5.32 Å². The lowest BCUT2D eigenvalue weighted by molar-refractivity contribution is 0.0749. The van der Waals surface area contributed by atoms with Crippen LogP contribution >= 0.6 is 0 Å². The molecule has 0 aliphatic rings. The Bertz CT molecular complexity index is 388. The van der Waals surface area contributed by atoms with Crippen LogP contribution in [0.2, 0.25) is 0 Å². The van der Waals surface area contributed by atoms with Crippen LogP contribution in [0.4, 0.5) is 5.82 Å². The predicted octanol–water partition coefficient (Wildman–Crippen LogP) is 2.38. The van der Waals surface area contributed by atoms with Gasteiger partial charge in [0, 0.05) is 19.1 Å². The van der Waals surface area contributed by atoms with E-state index in [0.29, 0.717) is 11.7 Å². The van der Waals surface area contributed by atoms with Crippen LogP contribution in [-0.2, 0) is 0 Å². The molecule has 17 heavy (non-hydrogen) atoms. The largest absolute Gasteiger partial charge is 0.368 e. The smallest absolute Gasteiger partial charge is 0.272 e. The van der Waals surface area contributed by atoms with Gasteiger partial charge in [0.25, 0.3) is 5.91 Å². The van der Waals surface area contributed by atoms with E-state index < -0.39 is 0 Å². The molecule has 0 spiro atoms. The fraction of sp³-hybridized carbons (Fsp3) is 0.538. The Morgan fingerprint density at radius 3 is 2.47 bits per heavy atom. The lowest BCUT2D eigenvalue weighted by atomic mass is 10.2. The molecule has 0 aromatic carbocycles. The van der Waals surface area contributed by atoms with Crippen molar-refractivity contribution in [2.75, 3.05) is 12.4 Å². The normalized spacial score (nSPS) is 10.8. The van der Waals surface area contributed by atoms with E-state index in [1.54, 1.807) is 18.0 Å². The molecule has 0 radical (unpaired) electrons. The van der Waals surface area contributed by atoms with E-state index in [-0.39, 0.29) is 11.9 Å². The van der Waals surface area contributed by atoms with E-state index in [4.69, 9.17) is 0 Å². The fourth-order valence-electron chi connectivity index (χ4n) is 1.35. The Kier molecular flexibility index (Phi) is 4.49. The number of anilines is 1. The van der Waals surface area contributed by atoms with E-state index in [9.17, 15) is 4.79 Å². The second kappa shape index (κ2) is 5.66. The van der Waals surface area contributed by atoms with Gasteiger partial charge in [0.2, 0.25) is 0 Å². The molecule has 0 atom stereocenters. The van der Waals surface area contributed by atoms with E-state index in [1.807, 2.05) is 39.8 Å². The van der Waals surface area contributed by atoms with Crippen LogP contribution in [0.1, 0.15) is 38.2 Å². The molecule has 1 rings (SSSR count). The minimum absolute atomic E-state index is 0.0487. The molecule has 0 fully saturated rings. The number of nitrogens with zero attached hydrogens (tertiary/aromatic N) is 2. The summed E-state index contributed by atoms with van der Waals surface area (Å²) in [4.78, 5) is 18.1. The molecule has 4 heteroatoms. The van der Waals surface area contributed by atoms with Crippen molar-refractivity contribution in [2.24, 2.45) is 0 Å². The van der Waals surface area contributed by atoms with Gasteiger partial charge in [-0.25, -0.2) is 4.98 Å². The topological polar surface area (TPSA) is 45.2 Å². The number of hydrogen-bond donors (Lipinski definition) is 1. The van der Waals surface area contributed by atoms with Gasteiger partial charge in [-0.05, 0) is 39.8 Å². The second-order valence-corrected chi connectivity index (χ2v) is 4.72. The molecule has 94 valence electrons. The third-order valence-corrected chi connectivity index (χ3v) is 2.50.